The number of alkyl halides is 3. The predicted molar refractivity (Wildman–Crippen MR) is 214 cm³/mol. The number of ether oxygens (including phenoxy) is 1. The molecule has 4 atom stereocenters. The zero-order chi connectivity index (χ0) is 41.4. The minimum absolute atomic E-state index is 0.00413. The molecular weight excluding hydrogens is 771 g/mol. The lowest BCUT2D eigenvalue weighted by atomic mass is 9.82. The number of hydrazine groups is 1. The summed E-state index contributed by atoms with van der Waals surface area (Å²) in [6, 6.07) is 19.2. The molecule has 0 spiro atoms. The molecule has 3 aromatic rings. The molecule has 2 N–H and O–H groups in total. The Kier molecular flexibility index (Phi) is 12.4. The predicted octanol–water partition coefficient (Wildman–Crippen LogP) is 6.30. The highest BCUT2D eigenvalue weighted by Crippen LogP contribution is 2.45. The number of halogens is 4. The van der Waals surface area contributed by atoms with Crippen molar-refractivity contribution in [2.75, 3.05) is 33.3 Å². The van der Waals surface area contributed by atoms with Crippen molar-refractivity contribution in [3.8, 4) is 11.1 Å². The molecule has 58 heavy (non-hydrogen) atoms. The second kappa shape index (κ2) is 17.1. The van der Waals surface area contributed by atoms with Crippen molar-refractivity contribution in [3.05, 3.63) is 94.5 Å². The third kappa shape index (κ3) is 8.41. The van der Waals surface area contributed by atoms with Gasteiger partial charge in [0.2, 0.25) is 5.91 Å². The summed E-state index contributed by atoms with van der Waals surface area (Å²) >= 11 is 6.12. The van der Waals surface area contributed by atoms with E-state index in [0.717, 1.165) is 54.4 Å². The summed E-state index contributed by atoms with van der Waals surface area (Å²) in [4.78, 5) is 59.4. The molecule has 2 saturated heterocycles. The summed E-state index contributed by atoms with van der Waals surface area (Å²) in [6.45, 7) is 4.20. The smallest absolute Gasteiger partial charge is 0.452 e. The number of amides is 2. The van der Waals surface area contributed by atoms with Gasteiger partial charge in [-0.1, -0.05) is 105 Å². The lowest BCUT2D eigenvalue weighted by Gasteiger charge is -2.48. The van der Waals surface area contributed by atoms with E-state index in [-0.39, 0.29) is 61.6 Å². The molecule has 4 aliphatic rings. The van der Waals surface area contributed by atoms with Gasteiger partial charge in [-0.15, -0.1) is 0 Å². The number of Topliss-reactive ketones (excluding diaryl/α,β-unsaturated/α-hetero) is 1. The number of likely N-dealkylation sites (N-methyl/N-ethyl adjacent to an activating group) is 1. The van der Waals surface area contributed by atoms with Crippen LogP contribution in [0.5, 0.6) is 0 Å². The van der Waals surface area contributed by atoms with E-state index in [1.54, 1.807) is 11.9 Å². The van der Waals surface area contributed by atoms with Crippen molar-refractivity contribution in [3.63, 3.8) is 0 Å². The number of carbonyl (C=O) groups excluding carboxylic acids is 4. The van der Waals surface area contributed by atoms with E-state index in [9.17, 15) is 32.3 Å². The number of fused-ring (bicyclic) bond motifs is 3. The summed E-state index contributed by atoms with van der Waals surface area (Å²) in [6.07, 6.45) is -0.757. The standard InChI is InChI=1S/C44H51ClF3N5O5/c1-27(2)39(54)53(30-11-5-4-6-12-30)31-21-22-52(24-31)50-42(57)43(41(56)44(46,47)48,23-28-17-19-29(45)20-18-28)49-37-25-51(3)38(37)40(55)58-26-36-34-15-9-7-13-32(34)33-14-8-10-16-35(33)36/h7-10,13-20,27,30-31,36-38,49H,4-6,11-12,21-26H2,1-3H3,(H,50,57)/t31-,37?,38?,43+/m0/s1. The van der Waals surface area contributed by atoms with Crippen LogP contribution in [0.2, 0.25) is 5.02 Å². The molecule has 2 amide bonds. The molecule has 310 valence electrons. The zero-order valence-corrected chi connectivity index (χ0v) is 33.8. The minimum atomic E-state index is -5.43. The van der Waals surface area contributed by atoms with E-state index in [0.29, 0.717) is 11.4 Å². The number of rotatable bonds is 13. The van der Waals surface area contributed by atoms with Crippen LogP contribution in [0, 0.1) is 5.92 Å². The fourth-order valence-corrected chi connectivity index (χ4v) is 9.52. The first-order chi connectivity index (χ1) is 27.7. The minimum Gasteiger partial charge on any atom is -0.463 e. The second-order valence-electron chi connectivity index (χ2n) is 16.5. The molecular formula is C44H51ClF3N5O5. The number of benzene rings is 3. The van der Waals surface area contributed by atoms with Crippen LogP contribution in [0.1, 0.15) is 75.0 Å². The first-order valence-electron chi connectivity index (χ1n) is 20.2. The molecule has 2 aliphatic heterocycles. The SMILES string of the molecule is CC(C)C(=O)N(C1CCCCC1)[C@H]1CCN(NC(=O)[C@](Cc2ccc(Cl)cc2)(NC2CN(C)C2C(=O)OCC2c3ccccc3-c3ccccc32)C(=O)C(F)(F)F)C1. The maximum Gasteiger partial charge on any atom is 0.452 e. The number of hydrogen-bond donors (Lipinski definition) is 2. The van der Waals surface area contributed by atoms with Crippen LogP contribution in [0.25, 0.3) is 11.1 Å². The second-order valence-corrected chi connectivity index (χ2v) is 17.0. The number of ketones is 1. The maximum absolute atomic E-state index is 14.8. The molecule has 3 aromatic carbocycles. The van der Waals surface area contributed by atoms with Gasteiger partial charge in [-0.2, -0.15) is 13.2 Å². The van der Waals surface area contributed by atoms with Gasteiger partial charge in [0.05, 0.1) is 0 Å². The van der Waals surface area contributed by atoms with E-state index >= 15 is 0 Å². The molecule has 2 unspecified atom stereocenters. The van der Waals surface area contributed by atoms with Crippen LogP contribution in [0.3, 0.4) is 0 Å². The number of hydrogen-bond acceptors (Lipinski definition) is 8. The fraction of sp³-hybridized carbons (Fsp3) is 0.500. The number of carbonyl (C=O) groups is 4. The van der Waals surface area contributed by atoms with Gasteiger partial charge in [0.25, 0.3) is 11.7 Å². The van der Waals surface area contributed by atoms with Crippen molar-refractivity contribution in [1.82, 2.24) is 25.6 Å². The van der Waals surface area contributed by atoms with Gasteiger partial charge in [0.1, 0.15) is 12.6 Å². The number of esters is 1. The Morgan fingerprint density at radius 3 is 2.07 bits per heavy atom. The summed E-state index contributed by atoms with van der Waals surface area (Å²) < 4.78 is 50.4. The third-order valence-corrected chi connectivity index (χ3v) is 12.6. The normalized spacial score (nSPS) is 22.4. The van der Waals surface area contributed by atoms with Gasteiger partial charge < -0.3 is 9.64 Å². The van der Waals surface area contributed by atoms with Crippen LogP contribution in [-0.4, -0.2) is 108 Å². The molecule has 0 bridgehead atoms. The average Bonchev–Trinajstić information content (AvgIpc) is 3.79. The van der Waals surface area contributed by atoms with Crippen molar-refractivity contribution < 1.29 is 37.1 Å². The van der Waals surface area contributed by atoms with Gasteiger partial charge in [-0.3, -0.25) is 34.8 Å². The average molecular weight is 822 g/mol. The molecule has 10 nitrogen and oxygen atoms in total. The fourth-order valence-electron chi connectivity index (χ4n) is 9.39. The summed E-state index contributed by atoms with van der Waals surface area (Å²) in [5, 5.41) is 4.63. The number of nitrogens with one attached hydrogen (secondary N) is 2. The summed E-state index contributed by atoms with van der Waals surface area (Å²) in [5.41, 5.74) is 4.13. The zero-order valence-electron chi connectivity index (χ0n) is 33.1. The molecule has 2 aliphatic carbocycles. The summed E-state index contributed by atoms with van der Waals surface area (Å²) in [5.74, 6) is -4.67. The quantitative estimate of drug-likeness (QED) is 0.153. The van der Waals surface area contributed by atoms with E-state index in [1.165, 1.54) is 29.3 Å². The topological polar surface area (TPSA) is 111 Å². The van der Waals surface area contributed by atoms with Gasteiger partial charge in [0.15, 0.2) is 5.54 Å². The van der Waals surface area contributed by atoms with Crippen LogP contribution < -0.4 is 10.7 Å². The molecule has 3 fully saturated rings. The van der Waals surface area contributed by atoms with E-state index in [1.807, 2.05) is 67.3 Å². The van der Waals surface area contributed by atoms with Gasteiger partial charge in [-0.25, -0.2) is 5.01 Å². The van der Waals surface area contributed by atoms with Crippen LogP contribution >= 0.6 is 11.6 Å². The Morgan fingerprint density at radius 2 is 1.48 bits per heavy atom. The van der Waals surface area contributed by atoms with E-state index < -0.39 is 47.9 Å². The Labute approximate surface area is 342 Å². The molecule has 7 rings (SSSR count). The van der Waals surface area contributed by atoms with Gasteiger partial charge >= 0.3 is 12.1 Å². The monoisotopic (exact) mass is 821 g/mol. The van der Waals surface area contributed by atoms with Crippen molar-refractivity contribution in [2.24, 2.45) is 5.92 Å². The lowest BCUT2D eigenvalue weighted by Crippen LogP contribution is -2.77. The number of likely N-dealkylation sites (tertiary alicyclic amines) is 1. The highest BCUT2D eigenvalue weighted by atomic mass is 35.5. The van der Waals surface area contributed by atoms with E-state index in [2.05, 4.69) is 10.7 Å². The van der Waals surface area contributed by atoms with Crippen molar-refractivity contribution in [2.45, 2.75) is 101 Å². The Bertz CT molecular complexity index is 1960. The first-order valence-corrected chi connectivity index (χ1v) is 20.6. The summed E-state index contributed by atoms with van der Waals surface area (Å²) in [7, 11) is 1.64. The molecule has 14 heteroatoms. The third-order valence-electron chi connectivity index (χ3n) is 12.3. The molecule has 0 aromatic heterocycles. The van der Waals surface area contributed by atoms with E-state index in [4.69, 9.17) is 16.3 Å². The lowest BCUT2D eigenvalue weighted by molar-refractivity contribution is -0.183. The van der Waals surface area contributed by atoms with Crippen LogP contribution in [-0.2, 0) is 30.3 Å². The Balaban J connectivity index is 1.14. The Morgan fingerprint density at radius 1 is 0.862 bits per heavy atom. The molecule has 2 heterocycles. The molecule has 0 radical (unpaired) electrons. The van der Waals surface area contributed by atoms with Crippen molar-refractivity contribution in [1.29, 1.82) is 0 Å². The Hall–Kier alpha value is -4.30. The van der Waals surface area contributed by atoms with Crippen LogP contribution in [0.15, 0.2) is 72.8 Å². The van der Waals surface area contributed by atoms with Gasteiger partial charge in [0, 0.05) is 61.0 Å². The van der Waals surface area contributed by atoms with Crippen molar-refractivity contribution >= 4 is 35.2 Å². The molecule has 1 saturated carbocycles. The number of nitrogens with zero attached hydrogens (tertiary/aromatic N) is 3. The van der Waals surface area contributed by atoms with Crippen LogP contribution in [0.4, 0.5) is 13.2 Å². The first kappa shape index (κ1) is 41.8. The highest BCUT2D eigenvalue weighted by molar-refractivity contribution is 6.30. The highest BCUT2D eigenvalue weighted by Gasteiger charge is 2.60. The largest absolute Gasteiger partial charge is 0.463 e. The maximum atomic E-state index is 14.8. The van der Waals surface area contributed by atoms with Gasteiger partial charge in [-0.05, 0) is 66.3 Å².